The van der Waals surface area contributed by atoms with Crippen molar-refractivity contribution in [2.45, 2.75) is 47.5 Å². The number of hydrogen-bond donors (Lipinski definition) is 1. The highest BCUT2D eigenvalue weighted by atomic mass is 15.2. The Balaban J connectivity index is 2.40. The molecule has 0 aromatic carbocycles. The maximum absolute atomic E-state index is 4.84. The van der Waals surface area contributed by atoms with E-state index in [2.05, 4.69) is 56.7 Å². The Labute approximate surface area is 123 Å². The van der Waals surface area contributed by atoms with E-state index >= 15 is 0 Å². The van der Waals surface area contributed by atoms with Crippen LogP contribution in [0.25, 0.3) is 0 Å². The summed E-state index contributed by atoms with van der Waals surface area (Å²) in [5, 5.41) is 3.38. The summed E-state index contributed by atoms with van der Waals surface area (Å²) in [6.45, 7) is 16.3. The van der Waals surface area contributed by atoms with E-state index in [-0.39, 0.29) is 0 Å². The fraction of sp³-hybridized carbons (Fsp3) is 0.750. The van der Waals surface area contributed by atoms with Gasteiger partial charge < -0.3 is 10.2 Å². The number of nitrogens with one attached hydrogen (secondary N) is 1. The smallest absolute Gasteiger partial charge is 0.137 e. The minimum atomic E-state index is 0.351. The van der Waals surface area contributed by atoms with Crippen molar-refractivity contribution in [1.29, 1.82) is 0 Å². The van der Waals surface area contributed by atoms with Crippen molar-refractivity contribution in [1.82, 2.24) is 9.97 Å². The number of nitrogens with zero attached hydrogens (tertiary/aromatic N) is 3. The van der Waals surface area contributed by atoms with Crippen LogP contribution in [-0.2, 0) is 0 Å². The summed E-state index contributed by atoms with van der Waals surface area (Å²) in [6, 6.07) is 0. The lowest BCUT2D eigenvalue weighted by Crippen LogP contribution is -2.24. The van der Waals surface area contributed by atoms with Crippen molar-refractivity contribution >= 4 is 11.6 Å². The standard InChI is InChI=1S/C16H28N4/c1-7-17-15-13(6)16(19-14(18-15)10(2)3)20-8-11(4)12(5)9-20/h10-12H,7-9H2,1-6H3,(H,17,18,19). The quantitative estimate of drug-likeness (QED) is 0.914. The van der Waals surface area contributed by atoms with Gasteiger partial charge in [0, 0.05) is 31.1 Å². The fourth-order valence-corrected chi connectivity index (χ4v) is 2.73. The molecule has 2 unspecified atom stereocenters. The lowest BCUT2D eigenvalue weighted by molar-refractivity contribution is 0.494. The van der Waals surface area contributed by atoms with Gasteiger partial charge in [0.15, 0.2) is 0 Å². The SMILES string of the molecule is CCNc1nc(C(C)C)nc(N2CC(C)C(C)C2)c1C. The van der Waals surface area contributed by atoms with Gasteiger partial charge in [0.05, 0.1) is 0 Å². The van der Waals surface area contributed by atoms with Gasteiger partial charge in [-0.2, -0.15) is 0 Å². The second kappa shape index (κ2) is 5.98. The largest absolute Gasteiger partial charge is 0.370 e. The number of anilines is 2. The van der Waals surface area contributed by atoms with E-state index in [1.54, 1.807) is 0 Å². The molecule has 0 radical (unpaired) electrons. The molecule has 112 valence electrons. The molecule has 0 aliphatic carbocycles. The summed E-state index contributed by atoms with van der Waals surface area (Å²) in [5.74, 6) is 4.87. The minimum absolute atomic E-state index is 0.351. The molecular formula is C16H28N4. The molecule has 1 N–H and O–H groups in total. The first-order valence-electron chi connectivity index (χ1n) is 7.81. The Morgan fingerprint density at radius 1 is 1.20 bits per heavy atom. The van der Waals surface area contributed by atoms with E-state index < -0.39 is 0 Å². The summed E-state index contributed by atoms with van der Waals surface area (Å²) in [4.78, 5) is 12.0. The van der Waals surface area contributed by atoms with Gasteiger partial charge in [0.2, 0.25) is 0 Å². The molecule has 2 atom stereocenters. The van der Waals surface area contributed by atoms with Gasteiger partial charge >= 0.3 is 0 Å². The molecule has 2 rings (SSSR count). The summed E-state index contributed by atoms with van der Waals surface area (Å²) >= 11 is 0. The molecule has 0 spiro atoms. The summed E-state index contributed by atoms with van der Waals surface area (Å²) in [7, 11) is 0. The Morgan fingerprint density at radius 3 is 2.30 bits per heavy atom. The van der Waals surface area contributed by atoms with Crippen LogP contribution in [0.4, 0.5) is 11.6 Å². The molecule has 4 heteroatoms. The van der Waals surface area contributed by atoms with Gasteiger partial charge in [0.25, 0.3) is 0 Å². The Bertz CT molecular complexity index is 460. The van der Waals surface area contributed by atoms with Gasteiger partial charge in [0.1, 0.15) is 17.5 Å². The zero-order valence-electron chi connectivity index (χ0n) is 13.7. The average Bonchev–Trinajstić information content (AvgIpc) is 2.72. The summed E-state index contributed by atoms with van der Waals surface area (Å²) in [5.41, 5.74) is 1.18. The molecule has 1 fully saturated rings. The lowest BCUT2D eigenvalue weighted by Gasteiger charge is -2.22. The van der Waals surface area contributed by atoms with Crippen LogP contribution in [0.15, 0.2) is 0 Å². The first kappa shape index (κ1) is 15.1. The van der Waals surface area contributed by atoms with E-state index in [1.807, 2.05) is 0 Å². The highest BCUT2D eigenvalue weighted by molar-refractivity contribution is 5.59. The monoisotopic (exact) mass is 276 g/mol. The van der Waals surface area contributed by atoms with Gasteiger partial charge in [-0.15, -0.1) is 0 Å². The van der Waals surface area contributed by atoms with Crippen molar-refractivity contribution in [3.05, 3.63) is 11.4 Å². The van der Waals surface area contributed by atoms with E-state index in [4.69, 9.17) is 4.98 Å². The topological polar surface area (TPSA) is 41.1 Å². The summed E-state index contributed by atoms with van der Waals surface area (Å²) < 4.78 is 0. The highest BCUT2D eigenvalue weighted by Gasteiger charge is 2.29. The molecule has 1 aliphatic heterocycles. The molecule has 1 aliphatic rings. The first-order chi connectivity index (χ1) is 9.43. The highest BCUT2D eigenvalue weighted by Crippen LogP contribution is 2.31. The minimum Gasteiger partial charge on any atom is -0.370 e. The first-order valence-corrected chi connectivity index (χ1v) is 7.81. The van der Waals surface area contributed by atoms with Gasteiger partial charge in [-0.1, -0.05) is 27.7 Å². The summed E-state index contributed by atoms with van der Waals surface area (Å²) in [6.07, 6.45) is 0. The van der Waals surface area contributed by atoms with Crippen molar-refractivity contribution in [3.8, 4) is 0 Å². The molecule has 0 bridgehead atoms. The number of aromatic nitrogens is 2. The third kappa shape index (κ3) is 2.89. The van der Waals surface area contributed by atoms with Gasteiger partial charge in [-0.05, 0) is 25.7 Å². The van der Waals surface area contributed by atoms with Crippen LogP contribution in [0.5, 0.6) is 0 Å². The molecule has 4 nitrogen and oxygen atoms in total. The molecule has 1 saturated heterocycles. The van der Waals surface area contributed by atoms with Crippen LogP contribution in [0, 0.1) is 18.8 Å². The van der Waals surface area contributed by atoms with E-state index in [0.29, 0.717) is 5.92 Å². The Kier molecular flexibility index (Phi) is 4.51. The van der Waals surface area contributed by atoms with Crippen molar-refractivity contribution in [3.63, 3.8) is 0 Å². The molecule has 2 heterocycles. The fourth-order valence-electron chi connectivity index (χ4n) is 2.73. The molecule has 0 saturated carbocycles. The molecular weight excluding hydrogens is 248 g/mol. The van der Waals surface area contributed by atoms with Crippen molar-refractivity contribution in [2.24, 2.45) is 11.8 Å². The zero-order valence-corrected chi connectivity index (χ0v) is 13.7. The second-order valence-electron chi connectivity index (χ2n) is 6.42. The predicted molar refractivity (Wildman–Crippen MR) is 85.6 cm³/mol. The number of rotatable bonds is 4. The third-order valence-electron chi connectivity index (χ3n) is 4.29. The third-order valence-corrected chi connectivity index (χ3v) is 4.29. The molecule has 20 heavy (non-hydrogen) atoms. The molecule has 1 aromatic rings. The number of hydrogen-bond acceptors (Lipinski definition) is 4. The van der Waals surface area contributed by atoms with Crippen LogP contribution in [-0.4, -0.2) is 29.6 Å². The normalized spacial score (nSPS) is 22.6. The van der Waals surface area contributed by atoms with E-state index in [0.717, 1.165) is 48.9 Å². The maximum atomic E-state index is 4.84. The zero-order chi connectivity index (χ0) is 14.9. The maximum Gasteiger partial charge on any atom is 0.137 e. The Hall–Kier alpha value is -1.32. The molecule has 1 aromatic heterocycles. The average molecular weight is 276 g/mol. The van der Waals surface area contributed by atoms with Crippen LogP contribution in [0.1, 0.15) is 51.9 Å². The van der Waals surface area contributed by atoms with E-state index in [1.165, 1.54) is 5.56 Å². The van der Waals surface area contributed by atoms with Crippen LogP contribution < -0.4 is 10.2 Å². The van der Waals surface area contributed by atoms with Crippen LogP contribution in [0.3, 0.4) is 0 Å². The van der Waals surface area contributed by atoms with Crippen LogP contribution >= 0.6 is 0 Å². The van der Waals surface area contributed by atoms with Crippen LogP contribution in [0.2, 0.25) is 0 Å². The van der Waals surface area contributed by atoms with Gasteiger partial charge in [-0.3, -0.25) is 0 Å². The van der Waals surface area contributed by atoms with Crippen molar-refractivity contribution < 1.29 is 0 Å². The second-order valence-corrected chi connectivity index (χ2v) is 6.42. The lowest BCUT2D eigenvalue weighted by atomic mass is 10.0. The Morgan fingerprint density at radius 2 is 1.80 bits per heavy atom. The van der Waals surface area contributed by atoms with Crippen molar-refractivity contribution in [2.75, 3.05) is 29.9 Å². The van der Waals surface area contributed by atoms with E-state index in [9.17, 15) is 0 Å². The predicted octanol–water partition coefficient (Wildman–Crippen LogP) is 3.43. The molecule has 0 amide bonds. The van der Waals surface area contributed by atoms with Gasteiger partial charge in [-0.25, -0.2) is 9.97 Å².